The second-order valence-corrected chi connectivity index (χ2v) is 6.06. The van der Waals surface area contributed by atoms with Gasteiger partial charge in [0.05, 0.1) is 16.8 Å². The SMILES string of the molecule is CC.Cc1c(N)c2ccccc2n1C.N#CCOC(=O)c1ccc(N)c(S)c1. The Balaban J connectivity index is 0.000000259. The minimum atomic E-state index is -0.554. The van der Waals surface area contributed by atoms with Crippen LogP contribution in [0.15, 0.2) is 47.4 Å². The molecule has 28 heavy (non-hydrogen) atoms. The van der Waals surface area contributed by atoms with E-state index in [-0.39, 0.29) is 6.61 Å². The fraction of sp³-hybridized carbons (Fsp3) is 0.238. The quantitative estimate of drug-likeness (QED) is 0.338. The summed E-state index contributed by atoms with van der Waals surface area (Å²) < 4.78 is 6.71. The lowest BCUT2D eigenvalue weighted by Crippen LogP contribution is -2.05. The average Bonchev–Trinajstić information content (AvgIpc) is 2.94. The fourth-order valence-corrected chi connectivity index (χ4v) is 2.62. The molecule has 4 N–H and O–H groups in total. The van der Waals surface area contributed by atoms with E-state index < -0.39 is 5.97 Å². The normalized spacial score (nSPS) is 9.43. The summed E-state index contributed by atoms with van der Waals surface area (Å²) in [6.45, 7) is 5.78. The Morgan fingerprint density at radius 2 is 1.86 bits per heavy atom. The number of aryl methyl sites for hydroxylation is 1. The van der Waals surface area contributed by atoms with Crippen LogP contribution in [0.3, 0.4) is 0 Å². The number of nitriles is 1. The fourth-order valence-electron chi connectivity index (χ4n) is 2.40. The lowest BCUT2D eigenvalue weighted by molar-refractivity contribution is 0.0554. The first-order chi connectivity index (χ1) is 13.4. The summed E-state index contributed by atoms with van der Waals surface area (Å²) in [7, 11) is 2.04. The van der Waals surface area contributed by atoms with Crippen molar-refractivity contribution in [3.8, 4) is 6.07 Å². The molecule has 0 atom stereocenters. The van der Waals surface area contributed by atoms with Gasteiger partial charge >= 0.3 is 5.97 Å². The number of carbonyl (C=O) groups is 1. The van der Waals surface area contributed by atoms with Gasteiger partial charge in [-0.3, -0.25) is 0 Å². The van der Waals surface area contributed by atoms with Crippen molar-refractivity contribution in [2.75, 3.05) is 18.1 Å². The van der Waals surface area contributed by atoms with Crippen molar-refractivity contribution >= 4 is 40.9 Å². The largest absolute Gasteiger partial charge is 0.447 e. The van der Waals surface area contributed by atoms with E-state index in [1.54, 1.807) is 12.1 Å². The van der Waals surface area contributed by atoms with Crippen LogP contribution in [0, 0.1) is 18.3 Å². The number of fused-ring (bicyclic) bond motifs is 1. The number of nitrogens with two attached hydrogens (primary N) is 2. The van der Waals surface area contributed by atoms with Crippen LogP contribution in [-0.4, -0.2) is 17.1 Å². The van der Waals surface area contributed by atoms with Gasteiger partial charge in [0.1, 0.15) is 6.07 Å². The number of nitrogens with zero attached hydrogens (tertiary/aromatic N) is 2. The van der Waals surface area contributed by atoms with Gasteiger partial charge in [0.25, 0.3) is 0 Å². The van der Waals surface area contributed by atoms with Crippen molar-refractivity contribution in [3.05, 3.63) is 53.7 Å². The number of carbonyl (C=O) groups excluding carboxylic acids is 1. The molecule has 0 unspecified atom stereocenters. The standard InChI is InChI=1S/C10H12N2.C9H8N2O2S.C2H6/c1-7-10(11)8-5-3-4-6-9(8)12(7)2;10-3-4-13-9(12)6-1-2-7(11)8(14)5-6;1-2/h3-6H,11H2,1-2H3;1-2,5,14H,4,11H2;1-2H3. The molecular formula is C21H26N4O2S. The van der Waals surface area contributed by atoms with E-state index in [2.05, 4.69) is 34.1 Å². The maximum Gasteiger partial charge on any atom is 0.339 e. The maximum atomic E-state index is 11.2. The van der Waals surface area contributed by atoms with Gasteiger partial charge < -0.3 is 20.8 Å². The molecule has 0 radical (unpaired) electrons. The highest BCUT2D eigenvalue weighted by molar-refractivity contribution is 7.80. The molecule has 148 valence electrons. The molecule has 1 heterocycles. The van der Waals surface area contributed by atoms with Crippen molar-refractivity contribution < 1.29 is 9.53 Å². The smallest absolute Gasteiger partial charge is 0.339 e. The number of hydrogen-bond acceptors (Lipinski definition) is 6. The number of aromatic nitrogens is 1. The summed E-state index contributed by atoms with van der Waals surface area (Å²) in [5.74, 6) is -0.554. The van der Waals surface area contributed by atoms with E-state index in [9.17, 15) is 4.79 Å². The van der Waals surface area contributed by atoms with Gasteiger partial charge in [0.2, 0.25) is 0 Å². The molecule has 0 spiro atoms. The number of nitrogen functional groups attached to an aromatic ring is 2. The molecule has 3 rings (SSSR count). The predicted octanol–water partition coefficient (Wildman–Crippen LogP) is 4.33. The second-order valence-electron chi connectivity index (χ2n) is 5.58. The topological polar surface area (TPSA) is 107 Å². The van der Waals surface area contributed by atoms with Crippen LogP contribution in [0.1, 0.15) is 29.9 Å². The first kappa shape index (κ1) is 22.9. The first-order valence-electron chi connectivity index (χ1n) is 8.78. The number of rotatable bonds is 2. The van der Waals surface area contributed by atoms with E-state index in [1.807, 2.05) is 40.0 Å². The van der Waals surface area contributed by atoms with E-state index in [1.165, 1.54) is 17.6 Å². The van der Waals surface area contributed by atoms with E-state index in [4.69, 9.17) is 16.7 Å². The number of thiol groups is 1. The van der Waals surface area contributed by atoms with Crippen LogP contribution < -0.4 is 11.5 Å². The molecule has 0 saturated heterocycles. The van der Waals surface area contributed by atoms with Crippen LogP contribution >= 0.6 is 12.6 Å². The summed E-state index contributed by atoms with van der Waals surface area (Å²) in [5.41, 5.74) is 15.5. The summed E-state index contributed by atoms with van der Waals surface area (Å²) in [5, 5.41) is 9.35. The van der Waals surface area contributed by atoms with E-state index in [0.717, 1.165) is 16.8 Å². The van der Waals surface area contributed by atoms with Crippen molar-refractivity contribution in [1.82, 2.24) is 4.57 Å². The van der Waals surface area contributed by atoms with Gasteiger partial charge in [0.15, 0.2) is 6.61 Å². The third kappa shape index (κ3) is 5.44. The average molecular weight is 399 g/mol. The first-order valence-corrected chi connectivity index (χ1v) is 9.23. The molecule has 3 aromatic rings. The van der Waals surface area contributed by atoms with Crippen LogP contribution in [0.25, 0.3) is 10.9 Å². The van der Waals surface area contributed by atoms with Crippen molar-refractivity contribution in [2.24, 2.45) is 7.05 Å². The summed E-state index contributed by atoms with van der Waals surface area (Å²) in [4.78, 5) is 11.7. The molecule has 2 aromatic carbocycles. The lowest BCUT2D eigenvalue weighted by Gasteiger charge is -2.02. The minimum Gasteiger partial charge on any atom is -0.447 e. The molecule has 6 nitrogen and oxygen atoms in total. The molecule has 0 saturated carbocycles. The number of hydrogen-bond donors (Lipinski definition) is 3. The molecule has 0 aliphatic carbocycles. The summed E-state index contributed by atoms with van der Waals surface area (Å²) >= 11 is 4.06. The van der Waals surface area contributed by atoms with Crippen molar-refractivity contribution in [3.63, 3.8) is 0 Å². The monoisotopic (exact) mass is 398 g/mol. The van der Waals surface area contributed by atoms with Crippen LogP contribution in [-0.2, 0) is 11.8 Å². The van der Waals surface area contributed by atoms with Gasteiger partial charge in [0, 0.05) is 28.7 Å². The number of esters is 1. The number of anilines is 2. The van der Waals surface area contributed by atoms with Crippen LogP contribution in [0.4, 0.5) is 11.4 Å². The van der Waals surface area contributed by atoms with E-state index in [0.29, 0.717) is 16.1 Å². The van der Waals surface area contributed by atoms with Crippen LogP contribution in [0.2, 0.25) is 0 Å². The highest BCUT2D eigenvalue weighted by Gasteiger charge is 2.08. The van der Waals surface area contributed by atoms with Crippen molar-refractivity contribution in [1.29, 1.82) is 5.26 Å². The zero-order chi connectivity index (χ0) is 21.3. The molecule has 0 amide bonds. The zero-order valence-corrected chi connectivity index (χ0v) is 17.5. The highest BCUT2D eigenvalue weighted by Crippen LogP contribution is 2.26. The van der Waals surface area contributed by atoms with Crippen molar-refractivity contribution in [2.45, 2.75) is 25.7 Å². The molecule has 1 aromatic heterocycles. The molecule has 0 fully saturated rings. The Bertz CT molecular complexity index is 951. The second kappa shape index (κ2) is 10.9. The minimum absolute atomic E-state index is 0.259. The Kier molecular flexibility index (Phi) is 8.93. The summed E-state index contributed by atoms with van der Waals surface area (Å²) in [6, 6.07) is 14.5. The van der Waals surface area contributed by atoms with Gasteiger partial charge in [-0.25, -0.2) is 4.79 Å². The predicted molar refractivity (Wildman–Crippen MR) is 117 cm³/mol. The molecule has 7 heteroatoms. The van der Waals surface area contributed by atoms with Gasteiger partial charge in [-0.2, -0.15) is 5.26 Å². The Morgan fingerprint density at radius 1 is 1.21 bits per heavy atom. The Morgan fingerprint density at radius 3 is 2.43 bits per heavy atom. The molecular weight excluding hydrogens is 372 g/mol. The summed E-state index contributed by atoms with van der Waals surface area (Å²) in [6.07, 6.45) is 0. The number of para-hydroxylation sites is 1. The third-order valence-corrected chi connectivity index (χ3v) is 4.37. The molecule has 0 aliphatic heterocycles. The molecule has 0 bridgehead atoms. The van der Waals surface area contributed by atoms with E-state index >= 15 is 0 Å². The Hall–Kier alpha value is -3.11. The number of ether oxygens (including phenoxy) is 1. The lowest BCUT2D eigenvalue weighted by atomic mass is 10.2. The van der Waals surface area contributed by atoms with Gasteiger partial charge in [-0.05, 0) is 31.2 Å². The zero-order valence-electron chi connectivity index (χ0n) is 16.6. The Labute approximate surface area is 171 Å². The number of benzene rings is 2. The maximum absolute atomic E-state index is 11.2. The van der Waals surface area contributed by atoms with Gasteiger partial charge in [-0.1, -0.05) is 32.0 Å². The molecule has 0 aliphatic rings. The van der Waals surface area contributed by atoms with Crippen LogP contribution in [0.5, 0.6) is 0 Å². The highest BCUT2D eigenvalue weighted by atomic mass is 32.1. The third-order valence-electron chi connectivity index (χ3n) is 3.98. The van der Waals surface area contributed by atoms with Gasteiger partial charge in [-0.15, -0.1) is 12.6 Å².